The minimum absolute atomic E-state index is 0.134. The number of thiophene rings is 1. The zero-order valence-electron chi connectivity index (χ0n) is 10.1. The first-order valence-corrected chi connectivity index (χ1v) is 6.65. The molecule has 18 heavy (non-hydrogen) atoms. The molecule has 0 spiro atoms. The lowest BCUT2D eigenvalue weighted by Gasteiger charge is -2.07. The number of carbonyl (C=O) groups excluding carboxylic acids is 1. The average molecular weight is 261 g/mol. The van der Waals surface area contributed by atoms with Gasteiger partial charge in [0.2, 0.25) is 0 Å². The van der Waals surface area contributed by atoms with E-state index in [0.717, 1.165) is 11.1 Å². The third kappa shape index (κ3) is 2.97. The Morgan fingerprint density at radius 1 is 1.33 bits per heavy atom. The van der Waals surface area contributed by atoms with Crippen molar-refractivity contribution in [3.05, 3.63) is 46.7 Å². The number of hydrogen-bond acceptors (Lipinski definition) is 3. The molecule has 0 bridgehead atoms. The Bertz CT molecular complexity index is 520. The number of nitrogens with one attached hydrogen (secondary N) is 1. The molecule has 0 aliphatic heterocycles. The Labute approximate surface area is 110 Å². The lowest BCUT2D eigenvalue weighted by Crippen LogP contribution is -2.30. The molecule has 3 nitrogen and oxygen atoms in total. The van der Waals surface area contributed by atoms with E-state index in [2.05, 4.69) is 5.32 Å². The second-order valence-electron chi connectivity index (χ2n) is 4.09. The minimum atomic E-state index is -0.533. The molecular formula is C14H15NO2S. The molecule has 0 aliphatic carbocycles. The minimum Gasteiger partial charge on any atom is -0.392 e. The number of rotatable bonds is 4. The van der Waals surface area contributed by atoms with Gasteiger partial charge in [0.15, 0.2) is 0 Å². The van der Waals surface area contributed by atoms with Gasteiger partial charge >= 0.3 is 0 Å². The van der Waals surface area contributed by atoms with E-state index in [0.29, 0.717) is 4.88 Å². The van der Waals surface area contributed by atoms with Gasteiger partial charge in [-0.1, -0.05) is 30.3 Å². The van der Waals surface area contributed by atoms with Crippen molar-refractivity contribution in [1.29, 1.82) is 0 Å². The highest BCUT2D eigenvalue weighted by molar-refractivity contribution is 7.12. The van der Waals surface area contributed by atoms with Crippen molar-refractivity contribution in [2.75, 3.05) is 6.54 Å². The Morgan fingerprint density at radius 2 is 2.06 bits per heavy atom. The number of benzene rings is 1. The first kappa shape index (κ1) is 12.8. The summed E-state index contributed by atoms with van der Waals surface area (Å²) in [5, 5.41) is 13.8. The van der Waals surface area contributed by atoms with Crippen molar-refractivity contribution < 1.29 is 9.90 Å². The van der Waals surface area contributed by atoms with Gasteiger partial charge in [0.25, 0.3) is 5.91 Å². The van der Waals surface area contributed by atoms with E-state index in [1.165, 1.54) is 11.3 Å². The van der Waals surface area contributed by atoms with Gasteiger partial charge in [0.05, 0.1) is 11.0 Å². The molecule has 1 unspecified atom stereocenters. The van der Waals surface area contributed by atoms with Crippen LogP contribution in [0.5, 0.6) is 0 Å². The predicted octanol–water partition coefficient (Wildman–Crippen LogP) is 2.53. The molecule has 94 valence electrons. The van der Waals surface area contributed by atoms with Crippen molar-refractivity contribution in [3.63, 3.8) is 0 Å². The largest absolute Gasteiger partial charge is 0.392 e. The van der Waals surface area contributed by atoms with Crippen molar-refractivity contribution in [2.45, 2.75) is 13.0 Å². The van der Waals surface area contributed by atoms with Crippen LogP contribution < -0.4 is 5.32 Å². The molecular weight excluding hydrogens is 246 g/mol. The van der Waals surface area contributed by atoms with Gasteiger partial charge in [-0.05, 0) is 23.9 Å². The fraction of sp³-hybridized carbons (Fsp3) is 0.214. The quantitative estimate of drug-likeness (QED) is 0.888. The first-order chi connectivity index (χ1) is 8.68. The summed E-state index contributed by atoms with van der Waals surface area (Å²) in [6.07, 6.45) is -0.533. The maximum Gasteiger partial charge on any atom is 0.262 e. The molecule has 2 rings (SSSR count). The Morgan fingerprint density at radius 3 is 2.72 bits per heavy atom. The van der Waals surface area contributed by atoms with Crippen molar-refractivity contribution >= 4 is 17.2 Å². The van der Waals surface area contributed by atoms with Gasteiger partial charge in [0, 0.05) is 12.1 Å². The van der Waals surface area contributed by atoms with Crippen molar-refractivity contribution in [3.8, 4) is 11.1 Å². The molecule has 0 fully saturated rings. The maximum absolute atomic E-state index is 12.0. The second-order valence-corrected chi connectivity index (χ2v) is 5.00. The zero-order chi connectivity index (χ0) is 13.0. The Kier molecular flexibility index (Phi) is 4.12. The van der Waals surface area contributed by atoms with Crippen LogP contribution in [0.4, 0.5) is 0 Å². The number of carbonyl (C=O) groups is 1. The molecule has 1 aromatic carbocycles. The topological polar surface area (TPSA) is 49.3 Å². The SMILES string of the molecule is CC(O)CNC(=O)c1sccc1-c1ccccc1. The molecule has 0 radical (unpaired) electrons. The van der Waals surface area contributed by atoms with Crippen LogP contribution in [0.3, 0.4) is 0 Å². The van der Waals surface area contributed by atoms with Gasteiger partial charge in [-0.2, -0.15) is 0 Å². The summed E-state index contributed by atoms with van der Waals surface area (Å²) in [5.74, 6) is -0.134. The number of amides is 1. The van der Waals surface area contributed by atoms with Gasteiger partial charge in [-0.3, -0.25) is 4.79 Å². The summed E-state index contributed by atoms with van der Waals surface area (Å²) in [5.41, 5.74) is 1.96. The van der Waals surface area contributed by atoms with E-state index in [-0.39, 0.29) is 12.5 Å². The van der Waals surface area contributed by atoms with Crippen LogP contribution >= 0.6 is 11.3 Å². The van der Waals surface area contributed by atoms with Crippen molar-refractivity contribution in [1.82, 2.24) is 5.32 Å². The molecule has 1 atom stereocenters. The Hall–Kier alpha value is -1.65. The van der Waals surface area contributed by atoms with Crippen LogP contribution in [0.1, 0.15) is 16.6 Å². The van der Waals surface area contributed by atoms with Crippen LogP contribution in [0.15, 0.2) is 41.8 Å². The standard InChI is InChI=1S/C14H15NO2S/c1-10(16)9-15-14(17)13-12(7-8-18-13)11-5-3-2-4-6-11/h2-8,10,16H,9H2,1H3,(H,15,17). The zero-order valence-corrected chi connectivity index (χ0v) is 10.9. The average Bonchev–Trinajstić information content (AvgIpc) is 2.86. The molecule has 0 saturated heterocycles. The summed E-state index contributed by atoms with van der Waals surface area (Å²) in [4.78, 5) is 12.7. The molecule has 4 heteroatoms. The fourth-order valence-corrected chi connectivity index (χ4v) is 2.48. The highest BCUT2D eigenvalue weighted by Crippen LogP contribution is 2.27. The molecule has 1 amide bonds. The highest BCUT2D eigenvalue weighted by Gasteiger charge is 2.14. The first-order valence-electron chi connectivity index (χ1n) is 5.77. The van der Waals surface area contributed by atoms with Crippen LogP contribution in [0, 0.1) is 0 Å². The fourth-order valence-electron chi connectivity index (χ4n) is 1.65. The van der Waals surface area contributed by atoms with Crippen molar-refractivity contribution in [2.24, 2.45) is 0 Å². The van der Waals surface area contributed by atoms with Gasteiger partial charge < -0.3 is 10.4 Å². The van der Waals surface area contributed by atoms with Crippen LogP contribution in [0.2, 0.25) is 0 Å². The number of hydrogen-bond donors (Lipinski definition) is 2. The van der Waals surface area contributed by atoms with E-state index in [9.17, 15) is 9.90 Å². The van der Waals surface area contributed by atoms with E-state index in [1.54, 1.807) is 6.92 Å². The van der Waals surface area contributed by atoms with E-state index in [4.69, 9.17) is 0 Å². The summed E-state index contributed by atoms with van der Waals surface area (Å²) >= 11 is 1.41. The second kappa shape index (κ2) is 5.80. The number of aliphatic hydroxyl groups is 1. The summed E-state index contributed by atoms with van der Waals surface area (Å²) in [7, 11) is 0. The third-order valence-electron chi connectivity index (χ3n) is 2.51. The highest BCUT2D eigenvalue weighted by atomic mass is 32.1. The van der Waals surface area contributed by atoms with E-state index in [1.807, 2.05) is 41.8 Å². The van der Waals surface area contributed by atoms with E-state index >= 15 is 0 Å². The molecule has 2 aromatic rings. The van der Waals surface area contributed by atoms with Crippen LogP contribution in [-0.2, 0) is 0 Å². The molecule has 2 N–H and O–H groups in total. The summed E-state index contributed by atoms with van der Waals surface area (Å²) < 4.78 is 0. The van der Waals surface area contributed by atoms with Gasteiger partial charge in [0.1, 0.15) is 0 Å². The smallest absolute Gasteiger partial charge is 0.262 e. The van der Waals surface area contributed by atoms with E-state index < -0.39 is 6.10 Å². The molecule has 0 saturated carbocycles. The van der Waals surface area contributed by atoms with Crippen LogP contribution in [0.25, 0.3) is 11.1 Å². The summed E-state index contributed by atoms with van der Waals surface area (Å²) in [6.45, 7) is 1.91. The lowest BCUT2D eigenvalue weighted by molar-refractivity contribution is 0.0928. The lowest BCUT2D eigenvalue weighted by atomic mass is 10.1. The molecule has 1 aromatic heterocycles. The summed E-state index contributed by atoms with van der Waals surface area (Å²) in [6, 6.07) is 11.7. The molecule has 0 aliphatic rings. The monoisotopic (exact) mass is 261 g/mol. The van der Waals surface area contributed by atoms with Crippen LogP contribution in [-0.4, -0.2) is 23.7 Å². The third-order valence-corrected chi connectivity index (χ3v) is 3.43. The van der Waals surface area contributed by atoms with Gasteiger partial charge in [-0.25, -0.2) is 0 Å². The van der Waals surface area contributed by atoms with Gasteiger partial charge in [-0.15, -0.1) is 11.3 Å². The number of aliphatic hydroxyl groups excluding tert-OH is 1. The maximum atomic E-state index is 12.0. The predicted molar refractivity (Wildman–Crippen MR) is 73.8 cm³/mol. The Balaban J connectivity index is 2.20. The molecule has 1 heterocycles. The normalized spacial score (nSPS) is 12.1.